The number of hydrogen-bond donors (Lipinski definition) is 2. The zero-order valence-corrected chi connectivity index (χ0v) is 20.5. The molecule has 0 aliphatic carbocycles. The molecule has 0 bridgehead atoms. The number of aromatic nitrogens is 1. The van der Waals surface area contributed by atoms with E-state index in [4.69, 9.17) is 26.8 Å². The van der Waals surface area contributed by atoms with E-state index in [0.29, 0.717) is 69.0 Å². The standard InChI is InChI=1S/C26H28ClN5O2/c1-5-7-8-18(30-4)15-34-24-10-9-17(11-21(24)27)32-26-19-12-22(29)25(33-6-2)13-23(19)31-16(3)20(26)14-28/h7-13H,5-6,15,29H2,1-4H3,(H,31,32)/b8-7-,30-18?. The lowest BCUT2D eigenvalue weighted by molar-refractivity contribution is 0.342. The number of fused-ring (bicyclic) bond motifs is 1. The van der Waals surface area contributed by atoms with E-state index in [1.807, 2.05) is 25.1 Å². The Morgan fingerprint density at radius 2 is 2.03 bits per heavy atom. The van der Waals surface area contributed by atoms with Gasteiger partial charge in [-0.2, -0.15) is 5.26 Å². The number of halogens is 1. The largest absolute Gasteiger partial charge is 0.492 e. The van der Waals surface area contributed by atoms with Crippen molar-refractivity contribution in [3.63, 3.8) is 0 Å². The highest BCUT2D eigenvalue weighted by Gasteiger charge is 2.16. The van der Waals surface area contributed by atoms with Crippen LogP contribution in [0.25, 0.3) is 10.9 Å². The lowest BCUT2D eigenvalue weighted by atomic mass is 10.1. The summed E-state index contributed by atoms with van der Waals surface area (Å²) in [6.07, 6.45) is 4.89. The summed E-state index contributed by atoms with van der Waals surface area (Å²) in [6.45, 7) is 6.55. The molecule has 0 aliphatic heterocycles. The monoisotopic (exact) mass is 477 g/mol. The van der Waals surface area contributed by atoms with Crippen LogP contribution in [-0.2, 0) is 0 Å². The molecule has 34 heavy (non-hydrogen) atoms. The summed E-state index contributed by atoms with van der Waals surface area (Å²) in [5, 5.41) is 14.3. The molecule has 0 amide bonds. The first kappa shape index (κ1) is 24.9. The summed E-state index contributed by atoms with van der Waals surface area (Å²) in [6, 6.07) is 11.2. The summed E-state index contributed by atoms with van der Waals surface area (Å²) in [4.78, 5) is 8.79. The number of allylic oxidation sites excluding steroid dienone is 1. The molecule has 8 heteroatoms. The molecule has 0 aliphatic rings. The Hall–Kier alpha value is -3.76. The van der Waals surface area contributed by atoms with E-state index in [2.05, 4.69) is 28.3 Å². The minimum absolute atomic E-state index is 0.313. The van der Waals surface area contributed by atoms with Crippen LogP contribution in [0.4, 0.5) is 17.1 Å². The molecule has 0 saturated heterocycles. The van der Waals surface area contributed by atoms with Crippen molar-refractivity contribution >= 4 is 45.3 Å². The van der Waals surface area contributed by atoms with Crippen molar-refractivity contribution in [1.82, 2.24) is 4.98 Å². The highest BCUT2D eigenvalue weighted by atomic mass is 35.5. The Bertz CT molecular complexity index is 1290. The molecule has 3 rings (SSSR count). The molecule has 0 radical (unpaired) electrons. The number of benzene rings is 2. The Labute approximate surface area is 204 Å². The van der Waals surface area contributed by atoms with Crippen LogP contribution in [0.2, 0.25) is 5.02 Å². The minimum atomic E-state index is 0.313. The van der Waals surface area contributed by atoms with Crippen LogP contribution < -0.4 is 20.5 Å². The molecule has 0 spiro atoms. The fourth-order valence-corrected chi connectivity index (χ4v) is 3.65. The van der Waals surface area contributed by atoms with Crippen molar-refractivity contribution in [3.05, 3.63) is 58.8 Å². The zero-order valence-electron chi connectivity index (χ0n) is 19.8. The van der Waals surface area contributed by atoms with Gasteiger partial charge in [-0.25, -0.2) is 0 Å². The van der Waals surface area contributed by atoms with Gasteiger partial charge in [0, 0.05) is 24.2 Å². The molecule has 3 aromatic rings. The average molecular weight is 478 g/mol. The molecular weight excluding hydrogens is 450 g/mol. The number of nitrogen functional groups attached to an aromatic ring is 1. The fraction of sp³-hybridized carbons (Fsp3) is 0.269. The highest BCUT2D eigenvalue weighted by molar-refractivity contribution is 6.32. The van der Waals surface area contributed by atoms with Gasteiger partial charge in [-0.3, -0.25) is 9.98 Å². The third-order valence-electron chi connectivity index (χ3n) is 5.12. The van der Waals surface area contributed by atoms with Gasteiger partial charge in [0.15, 0.2) is 0 Å². The molecule has 0 unspecified atom stereocenters. The average Bonchev–Trinajstić information content (AvgIpc) is 2.81. The van der Waals surface area contributed by atoms with Crippen LogP contribution in [0.5, 0.6) is 11.5 Å². The van der Waals surface area contributed by atoms with E-state index >= 15 is 0 Å². The number of aryl methyl sites for hydroxylation is 1. The fourth-order valence-electron chi connectivity index (χ4n) is 3.41. The van der Waals surface area contributed by atoms with Crippen LogP contribution >= 0.6 is 11.6 Å². The second-order valence-electron chi connectivity index (χ2n) is 7.48. The summed E-state index contributed by atoms with van der Waals surface area (Å²) >= 11 is 6.49. The second kappa shape index (κ2) is 11.4. The van der Waals surface area contributed by atoms with E-state index in [9.17, 15) is 5.26 Å². The van der Waals surface area contributed by atoms with E-state index in [-0.39, 0.29) is 0 Å². The Kier molecular flexibility index (Phi) is 8.34. The Morgan fingerprint density at radius 3 is 2.68 bits per heavy atom. The molecule has 176 valence electrons. The lowest BCUT2D eigenvalue weighted by Crippen LogP contribution is -2.09. The number of nitrogens with one attached hydrogen (secondary N) is 1. The van der Waals surface area contributed by atoms with Gasteiger partial charge in [0.05, 0.1) is 45.5 Å². The number of nitrogens with zero attached hydrogens (tertiary/aromatic N) is 3. The molecule has 1 aromatic heterocycles. The molecule has 3 N–H and O–H groups in total. The maximum atomic E-state index is 9.80. The number of hydrogen-bond acceptors (Lipinski definition) is 7. The molecule has 0 fully saturated rings. The van der Waals surface area contributed by atoms with E-state index in [0.717, 1.165) is 12.1 Å². The van der Waals surface area contributed by atoms with Crippen LogP contribution in [0, 0.1) is 18.3 Å². The van der Waals surface area contributed by atoms with E-state index in [1.165, 1.54) is 0 Å². The van der Waals surface area contributed by atoms with Crippen molar-refractivity contribution in [2.24, 2.45) is 4.99 Å². The quantitative estimate of drug-likeness (QED) is 0.280. The third kappa shape index (κ3) is 5.59. The van der Waals surface area contributed by atoms with Crippen LogP contribution in [0.15, 0.2) is 47.5 Å². The number of pyridine rings is 1. The van der Waals surface area contributed by atoms with Crippen LogP contribution in [0.3, 0.4) is 0 Å². The molecule has 0 atom stereocenters. The summed E-state index contributed by atoms with van der Waals surface area (Å²) < 4.78 is 11.4. The SMILES string of the molecule is CC/C=C\C(COc1ccc(Nc2c(C#N)c(C)nc3cc(OCC)c(N)cc23)cc1Cl)=NC. The maximum absolute atomic E-state index is 9.80. The van der Waals surface area contributed by atoms with Crippen molar-refractivity contribution < 1.29 is 9.47 Å². The van der Waals surface area contributed by atoms with Crippen molar-refractivity contribution in [1.29, 1.82) is 5.26 Å². The van der Waals surface area contributed by atoms with Gasteiger partial charge in [0.25, 0.3) is 0 Å². The number of nitrogens with two attached hydrogens (primary N) is 1. The zero-order chi connectivity index (χ0) is 24.7. The van der Waals surface area contributed by atoms with Crippen molar-refractivity contribution in [2.75, 3.05) is 31.3 Å². The van der Waals surface area contributed by atoms with Gasteiger partial charge >= 0.3 is 0 Å². The van der Waals surface area contributed by atoms with Gasteiger partial charge in [-0.05, 0) is 50.6 Å². The van der Waals surface area contributed by atoms with E-state index in [1.54, 1.807) is 38.2 Å². The number of nitriles is 1. The number of anilines is 3. The van der Waals surface area contributed by atoms with Crippen molar-refractivity contribution in [3.8, 4) is 17.6 Å². The maximum Gasteiger partial charge on any atom is 0.144 e. The molecule has 2 aromatic carbocycles. The number of rotatable bonds is 9. The smallest absolute Gasteiger partial charge is 0.144 e. The van der Waals surface area contributed by atoms with Crippen LogP contribution in [0.1, 0.15) is 31.5 Å². The van der Waals surface area contributed by atoms with Crippen molar-refractivity contribution in [2.45, 2.75) is 27.2 Å². The normalized spacial score (nSPS) is 11.6. The second-order valence-corrected chi connectivity index (χ2v) is 7.89. The summed E-state index contributed by atoms with van der Waals surface area (Å²) in [5.41, 5.74) is 10.5. The first-order valence-corrected chi connectivity index (χ1v) is 11.4. The predicted molar refractivity (Wildman–Crippen MR) is 140 cm³/mol. The Balaban J connectivity index is 1.94. The molecular formula is C26H28ClN5O2. The Morgan fingerprint density at radius 1 is 1.24 bits per heavy atom. The third-order valence-corrected chi connectivity index (χ3v) is 5.41. The van der Waals surface area contributed by atoms with Gasteiger partial charge < -0.3 is 20.5 Å². The van der Waals surface area contributed by atoms with E-state index < -0.39 is 0 Å². The molecule has 7 nitrogen and oxygen atoms in total. The lowest BCUT2D eigenvalue weighted by Gasteiger charge is -2.16. The highest BCUT2D eigenvalue weighted by Crippen LogP contribution is 2.37. The van der Waals surface area contributed by atoms with Gasteiger partial charge in [0.1, 0.15) is 24.2 Å². The van der Waals surface area contributed by atoms with Gasteiger partial charge in [-0.15, -0.1) is 0 Å². The van der Waals surface area contributed by atoms with Crippen LogP contribution in [-0.4, -0.2) is 31.0 Å². The molecule has 1 heterocycles. The van der Waals surface area contributed by atoms with Gasteiger partial charge in [-0.1, -0.05) is 24.6 Å². The number of aliphatic imine (C=N–C) groups is 1. The van der Waals surface area contributed by atoms with Gasteiger partial charge in [0.2, 0.25) is 0 Å². The first-order chi connectivity index (χ1) is 16.4. The summed E-state index contributed by atoms with van der Waals surface area (Å²) in [5.74, 6) is 1.10. The number of ether oxygens (including phenoxy) is 2. The minimum Gasteiger partial charge on any atom is -0.492 e. The topological polar surface area (TPSA) is 106 Å². The predicted octanol–water partition coefficient (Wildman–Crippen LogP) is 6.21. The first-order valence-electron chi connectivity index (χ1n) is 11.0. The molecule has 0 saturated carbocycles. The summed E-state index contributed by atoms with van der Waals surface area (Å²) in [7, 11) is 1.73.